The van der Waals surface area contributed by atoms with Gasteiger partial charge in [0.25, 0.3) is 0 Å². The lowest BCUT2D eigenvalue weighted by Gasteiger charge is -2.31. The summed E-state index contributed by atoms with van der Waals surface area (Å²) in [4.78, 5) is 2.27. The minimum Gasteiger partial charge on any atom is -0.496 e. The van der Waals surface area contributed by atoms with Gasteiger partial charge in [0.2, 0.25) is 0 Å². The van der Waals surface area contributed by atoms with Crippen LogP contribution in [-0.2, 0) is 0 Å². The van der Waals surface area contributed by atoms with Crippen molar-refractivity contribution in [2.45, 2.75) is 26.3 Å². The lowest BCUT2D eigenvalue weighted by Crippen LogP contribution is -2.27. The molecule has 18 heavy (non-hydrogen) atoms. The Morgan fingerprint density at radius 2 is 2.00 bits per heavy atom. The first-order valence-electron chi connectivity index (χ1n) is 6.52. The van der Waals surface area contributed by atoms with Gasteiger partial charge in [-0.05, 0) is 57.1 Å². The van der Waals surface area contributed by atoms with Crippen molar-refractivity contribution in [3.8, 4) is 5.75 Å². The number of hydrogen-bond donors (Lipinski definition) is 1. The Kier molecular flexibility index (Phi) is 5.63. The van der Waals surface area contributed by atoms with E-state index < -0.39 is 0 Å². The van der Waals surface area contributed by atoms with Crippen LogP contribution in [0.3, 0.4) is 0 Å². The molecule has 0 bridgehead atoms. The second-order valence-electron chi connectivity index (χ2n) is 5.19. The fourth-order valence-corrected chi connectivity index (χ4v) is 2.64. The van der Waals surface area contributed by atoms with Gasteiger partial charge in [0.15, 0.2) is 0 Å². The highest BCUT2D eigenvalue weighted by molar-refractivity contribution is 5.37. The molecule has 2 atom stereocenters. The number of ether oxygens (including phenoxy) is 1. The first-order valence-corrected chi connectivity index (χ1v) is 6.52. The summed E-state index contributed by atoms with van der Waals surface area (Å²) in [6, 6.07) is 6.83. The van der Waals surface area contributed by atoms with Gasteiger partial charge in [-0.1, -0.05) is 19.1 Å². The molecule has 3 nitrogen and oxygen atoms in total. The van der Waals surface area contributed by atoms with Crippen LogP contribution in [0.1, 0.15) is 30.5 Å². The molecule has 2 N–H and O–H groups in total. The SMILES string of the molecule is COc1ccc(C(C(C)CCN)N(C)C)cc1C. The van der Waals surface area contributed by atoms with E-state index in [1.807, 2.05) is 0 Å². The fraction of sp³-hybridized carbons (Fsp3) is 0.600. The van der Waals surface area contributed by atoms with Gasteiger partial charge in [0, 0.05) is 6.04 Å². The lowest BCUT2D eigenvalue weighted by molar-refractivity contribution is 0.216. The van der Waals surface area contributed by atoms with Gasteiger partial charge in [-0.2, -0.15) is 0 Å². The molecule has 0 saturated heterocycles. The smallest absolute Gasteiger partial charge is 0.121 e. The molecule has 2 unspecified atom stereocenters. The number of nitrogens with two attached hydrogens (primary N) is 1. The van der Waals surface area contributed by atoms with Crippen LogP contribution in [0.4, 0.5) is 0 Å². The van der Waals surface area contributed by atoms with E-state index in [1.165, 1.54) is 11.1 Å². The average molecular weight is 250 g/mol. The predicted octanol–water partition coefficient (Wildman–Crippen LogP) is 2.59. The molecule has 0 aliphatic rings. The van der Waals surface area contributed by atoms with Crippen LogP contribution >= 0.6 is 0 Å². The molecule has 1 aromatic rings. The van der Waals surface area contributed by atoms with Crippen molar-refractivity contribution in [1.82, 2.24) is 4.90 Å². The molecule has 0 aromatic heterocycles. The topological polar surface area (TPSA) is 38.5 Å². The summed E-state index contributed by atoms with van der Waals surface area (Å²) in [5.41, 5.74) is 8.20. The van der Waals surface area contributed by atoms with E-state index in [2.05, 4.69) is 51.0 Å². The van der Waals surface area contributed by atoms with Crippen molar-refractivity contribution in [2.24, 2.45) is 11.7 Å². The molecule has 0 aliphatic heterocycles. The summed E-state index contributed by atoms with van der Waals surface area (Å²) in [7, 11) is 5.96. The third kappa shape index (κ3) is 3.47. The summed E-state index contributed by atoms with van der Waals surface area (Å²) in [6.07, 6.45) is 1.04. The zero-order valence-corrected chi connectivity index (χ0v) is 12.2. The maximum atomic E-state index is 5.68. The van der Waals surface area contributed by atoms with Crippen LogP contribution in [0, 0.1) is 12.8 Å². The molecule has 3 heteroatoms. The summed E-state index contributed by atoms with van der Waals surface area (Å²) in [5.74, 6) is 1.49. The number of aryl methyl sites for hydroxylation is 1. The van der Waals surface area contributed by atoms with Crippen LogP contribution in [0.15, 0.2) is 18.2 Å². The Balaban J connectivity index is 3.02. The second-order valence-corrected chi connectivity index (χ2v) is 5.19. The van der Waals surface area contributed by atoms with Crippen molar-refractivity contribution in [3.63, 3.8) is 0 Å². The molecule has 1 aromatic carbocycles. The van der Waals surface area contributed by atoms with Gasteiger partial charge in [-0.25, -0.2) is 0 Å². The maximum absolute atomic E-state index is 5.68. The molecule has 0 amide bonds. The van der Waals surface area contributed by atoms with Crippen molar-refractivity contribution < 1.29 is 4.74 Å². The van der Waals surface area contributed by atoms with E-state index in [-0.39, 0.29) is 0 Å². The third-order valence-corrected chi connectivity index (χ3v) is 3.48. The minimum atomic E-state index is 0.401. The van der Waals surface area contributed by atoms with E-state index in [4.69, 9.17) is 10.5 Å². The van der Waals surface area contributed by atoms with E-state index >= 15 is 0 Å². The molecule has 102 valence electrons. The van der Waals surface area contributed by atoms with Gasteiger partial charge in [-0.15, -0.1) is 0 Å². The normalized spacial score (nSPS) is 14.6. The molecule has 0 aliphatic carbocycles. The highest BCUT2D eigenvalue weighted by Gasteiger charge is 2.21. The molecule has 1 rings (SSSR count). The standard InChI is InChI=1S/C15H26N2O/c1-11(8-9-16)15(17(3)4)13-6-7-14(18-5)12(2)10-13/h6-7,10-11,15H,8-9,16H2,1-5H3. The van der Waals surface area contributed by atoms with Gasteiger partial charge < -0.3 is 15.4 Å². The molecule has 0 spiro atoms. The van der Waals surface area contributed by atoms with Crippen LogP contribution < -0.4 is 10.5 Å². The van der Waals surface area contributed by atoms with Crippen LogP contribution in [0.25, 0.3) is 0 Å². The Morgan fingerprint density at radius 1 is 1.33 bits per heavy atom. The molecule has 0 heterocycles. The molecule has 0 fully saturated rings. The van der Waals surface area contributed by atoms with E-state index in [0.717, 1.165) is 18.7 Å². The monoisotopic (exact) mass is 250 g/mol. The zero-order chi connectivity index (χ0) is 13.7. The van der Waals surface area contributed by atoms with Crippen LogP contribution in [0.2, 0.25) is 0 Å². The molecular weight excluding hydrogens is 224 g/mol. The van der Waals surface area contributed by atoms with E-state index in [1.54, 1.807) is 7.11 Å². The minimum absolute atomic E-state index is 0.401. The zero-order valence-electron chi connectivity index (χ0n) is 12.2. The Morgan fingerprint density at radius 3 is 2.44 bits per heavy atom. The maximum Gasteiger partial charge on any atom is 0.121 e. The Bertz CT molecular complexity index is 377. The number of benzene rings is 1. The van der Waals surface area contributed by atoms with E-state index in [0.29, 0.717) is 12.0 Å². The summed E-state index contributed by atoms with van der Waals surface area (Å²) in [6.45, 7) is 5.08. The summed E-state index contributed by atoms with van der Waals surface area (Å²) < 4.78 is 5.31. The van der Waals surface area contributed by atoms with Gasteiger partial charge in [-0.3, -0.25) is 0 Å². The van der Waals surface area contributed by atoms with Crippen LogP contribution in [-0.4, -0.2) is 32.6 Å². The number of nitrogens with zero attached hydrogens (tertiary/aromatic N) is 1. The van der Waals surface area contributed by atoms with Gasteiger partial charge in [0.05, 0.1) is 7.11 Å². The van der Waals surface area contributed by atoms with Gasteiger partial charge in [0.1, 0.15) is 5.75 Å². The lowest BCUT2D eigenvalue weighted by atomic mass is 9.90. The highest BCUT2D eigenvalue weighted by atomic mass is 16.5. The quantitative estimate of drug-likeness (QED) is 0.843. The van der Waals surface area contributed by atoms with Gasteiger partial charge >= 0.3 is 0 Å². The number of rotatable bonds is 6. The summed E-state index contributed by atoms with van der Waals surface area (Å²) >= 11 is 0. The Labute approximate surface area is 111 Å². The number of methoxy groups -OCH3 is 1. The summed E-state index contributed by atoms with van der Waals surface area (Å²) in [5, 5.41) is 0. The first-order chi connectivity index (χ1) is 8.51. The third-order valence-electron chi connectivity index (χ3n) is 3.48. The Hall–Kier alpha value is -1.06. The fourth-order valence-electron chi connectivity index (χ4n) is 2.64. The predicted molar refractivity (Wildman–Crippen MR) is 77.0 cm³/mol. The largest absolute Gasteiger partial charge is 0.496 e. The van der Waals surface area contributed by atoms with Crippen molar-refractivity contribution >= 4 is 0 Å². The molecule has 0 radical (unpaired) electrons. The van der Waals surface area contributed by atoms with Crippen molar-refractivity contribution in [3.05, 3.63) is 29.3 Å². The molecule has 0 saturated carbocycles. The van der Waals surface area contributed by atoms with E-state index in [9.17, 15) is 0 Å². The van der Waals surface area contributed by atoms with Crippen molar-refractivity contribution in [2.75, 3.05) is 27.7 Å². The highest BCUT2D eigenvalue weighted by Crippen LogP contribution is 2.31. The molecular formula is C15H26N2O. The second kappa shape index (κ2) is 6.76. The van der Waals surface area contributed by atoms with Crippen molar-refractivity contribution in [1.29, 1.82) is 0 Å². The number of hydrogen-bond acceptors (Lipinski definition) is 3. The van der Waals surface area contributed by atoms with Crippen LogP contribution in [0.5, 0.6) is 5.75 Å². The first kappa shape index (κ1) is 15.0. The average Bonchev–Trinajstić information content (AvgIpc) is 2.29.